The second-order valence-electron chi connectivity index (χ2n) is 5.52. The van der Waals surface area contributed by atoms with E-state index in [9.17, 15) is 4.79 Å². The number of aryl methyl sites for hydroxylation is 1. The van der Waals surface area contributed by atoms with Gasteiger partial charge < -0.3 is 10.3 Å². The second kappa shape index (κ2) is 6.06. The maximum absolute atomic E-state index is 12.6. The molecule has 4 heteroatoms. The van der Waals surface area contributed by atoms with Crippen LogP contribution >= 0.6 is 0 Å². The quantitative estimate of drug-likeness (QED) is 0.635. The lowest BCUT2D eigenvalue weighted by Gasteiger charge is -2.22. The molecule has 1 heterocycles. The highest BCUT2D eigenvalue weighted by atomic mass is 16.2. The molecule has 0 spiro atoms. The molecule has 1 saturated heterocycles. The van der Waals surface area contributed by atoms with Gasteiger partial charge in [-0.25, -0.2) is 0 Å². The second-order valence-corrected chi connectivity index (χ2v) is 5.52. The minimum atomic E-state index is 0.0852. The van der Waals surface area contributed by atoms with Gasteiger partial charge in [0.25, 0.3) is 5.91 Å². The summed E-state index contributed by atoms with van der Waals surface area (Å²) in [5, 5.41) is 0. The van der Waals surface area contributed by atoms with Crippen LogP contribution < -0.4 is 11.3 Å². The van der Waals surface area contributed by atoms with Gasteiger partial charge in [-0.15, -0.1) is 0 Å². The van der Waals surface area contributed by atoms with E-state index in [1.807, 2.05) is 30.0 Å². The molecule has 1 aromatic rings. The summed E-state index contributed by atoms with van der Waals surface area (Å²) in [5.41, 5.74) is 5.10. The zero-order valence-corrected chi connectivity index (χ0v) is 11.8. The molecular formula is C15H23N3O. The van der Waals surface area contributed by atoms with Crippen molar-refractivity contribution in [3.8, 4) is 0 Å². The maximum atomic E-state index is 12.6. The highest BCUT2D eigenvalue weighted by molar-refractivity contribution is 5.99. The van der Waals surface area contributed by atoms with Crippen LogP contribution in [0.4, 0.5) is 5.69 Å². The minimum Gasteiger partial charge on any atom is -0.339 e. The number of hydrogen-bond acceptors (Lipinski definition) is 3. The molecule has 2 rings (SSSR count). The van der Waals surface area contributed by atoms with Crippen LogP contribution in [-0.4, -0.2) is 23.9 Å². The van der Waals surface area contributed by atoms with Gasteiger partial charge >= 0.3 is 0 Å². The average molecular weight is 261 g/mol. The highest BCUT2D eigenvalue weighted by Gasteiger charge is 2.21. The fraction of sp³-hybridized carbons (Fsp3) is 0.533. The van der Waals surface area contributed by atoms with Crippen LogP contribution in [0.2, 0.25) is 0 Å². The molecule has 4 nitrogen and oxygen atoms in total. The minimum absolute atomic E-state index is 0.0852. The Morgan fingerprint density at radius 3 is 2.89 bits per heavy atom. The number of carbonyl (C=O) groups is 1. The molecule has 0 radical (unpaired) electrons. The smallest absolute Gasteiger partial charge is 0.256 e. The zero-order valence-electron chi connectivity index (χ0n) is 11.8. The van der Waals surface area contributed by atoms with Crippen LogP contribution in [0.25, 0.3) is 0 Å². The van der Waals surface area contributed by atoms with Gasteiger partial charge in [-0.05, 0) is 49.8 Å². The zero-order chi connectivity index (χ0) is 13.8. The molecule has 3 N–H and O–H groups in total. The van der Waals surface area contributed by atoms with Crippen molar-refractivity contribution >= 4 is 11.6 Å². The number of benzene rings is 1. The van der Waals surface area contributed by atoms with Crippen molar-refractivity contribution in [2.24, 2.45) is 11.8 Å². The Morgan fingerprint density at radius 2 is 2.16 bits per heavy atom. The summed E-state index contributed by atoms with van der Waals surface area (Å²) in [6, 6.07) is 5.73. The average Bonchev–Trinajstić information content (AvgIpc) is 2.62. The fourth-order valence-corrected chi connectivity index (χ4v) is 2.60. The van der Waals surface area contributed by atoms with E-state index in [1.54, 1.807) is 0 Å². The highest BCUT2D eigenvalue weighted by Crippen LogP contribution is 2.22. The van der Waals surface area contributed by atoms with Crippen molar-refractivity contribution in [3.63, 3.8) is 0 Å². The van der Waals surface area contributed by atoms with Gasteiger partial charge in [-0.1, -0.05) is 13.0 Å². The Kier molecular flexibility index (Phi) is 4.43. The Morgan fingerprint density at radius 1 is 1.37 bits per heavy atom. The normalized spacial score (nSPS) is 19.9. The molecule has 0 saturated carbocycles. The number of likely N-dealkylation sites (tertiary alicyclic amines) is 1. The van der Waals surface area contributed by atoms with E-state index >= 15 is 0 Å². The number of nitrogens with two attached hydrogens (primary N) is 1. The Balaban J connectivity index is 2.19. The van der Waals surface area contributed by atoms with Crippen molar-refractivity contribution in [2.75, 3.05) is 18.5 Å². The van der Waals surface area contributed by atoms with E-state index in [0.717, 1.165) is 31.5 Å². The monoisotopic (exact) mass is 261 g/mol. The summed E-state index contributed by atoms with van der Waals surface area (Å²) in [6.45, 7) is 5.94. The molecule has 1 unspecified atom stereocenters. The van der Waals surface area contributed by atoms with E-state index in [4.69, 9.17) is 5.84 Å². The molecule has 1 amide bonds. The number of hydrogen-bond donors (Lipinski definition) is 2. The van der Waals surface area contributed by atoms with E-state index < -0.39 is 0 Å². The first kappa shape index (κ1) is 13.9. The van der Waals surface area contributed by atoms with E-state index in [0.29, 0.717) is 17.2 Å². The third-order valence-electron chi connectivity index (χ3n) is 3.86. The molecule has 19 heavy (non-hydrogen) atoms. The van der Waals surface area contributed by atoms with Gasteiger partial charge in [0.15, 0.2) is 0 Å². The molecule has 0 aromatic heterocycles. The number of nitrogen functional groups attached to an aromatic ring is 1. The van der Waals surface area contributed by atoms with Gasteiger partial charge in [-0.2, -0.15) is 0 Å². The first-order valence-corrected chi connectivity index (χ1v) is 6.98. The molecule has 1 aliphatic heterocycles. The van der Waals surface area contributed by atoms with Crippen molar-refractivity contribution < 1.29 is 4.79 Å². The largest absolute Gasteiger partial charge is 0.339 e. The standard InChI is InChI=1S/C15H23N3O/c1-11-4-3-8-18(9-7-11)15(19)13-6-5-12(2)10-14(13)17-16/h5-6,10-11,17H,3-4,7-9,16H2,1-2H3. The van der Waals surface area contributed by atoms with Gasteiger partial charge in [0, 0.05) is 13.1 Å². The third kappa shape index (κ3) is 3.26. The summed E-state index contributed by atoms with van der Waals surface area (Å²) in [5.74, 6) is 6.32. The summed E-state index contributed by atoms with van der Waals surface area (Å²) >= 11 is 0. The molecule has 0 aliphatic carbocycles. The van der Waals surface area contributed by atoms with Crippen molar-refractivity contribution in [1.29, 1.82) is 0 Å². The molecule has 0 bridgehead atoms. The lowest BCUT2D eigenvalue weighted by Crippen LogP contribution is -2.32. The first-order valence-electron chi connectivity index (χ1n) is 6.98. The van der Waals surface area contributed by atoms with Crippen molar-refractivity contribution in [3.05, 3.63) is 29.3 Å². The molecular weight excluding hydrogens is 238 g/mol. The van der Waals surface area contributed by atoms with E-state index in [1.165, 1.54) is 6.42 Å². The predicted octanol–water partition coefficient (Wildman–Crippen LogP) is 2.54. The molecule has 1 aliphatic rings. The predicted molar refractivity (Wildman–Crippen MR) is 77.9 cm³/mol. The van der Waals surface area contributed by atoms with E-state index in [-0.39, 0.29) is 5.91 Å². The lowest BCUT2D eigenvalue weighted by molar-refractivity contribution is 0.0761. The Hall–Kier alpha value is -1.55. The summed E-state index contributed by atoms with van der Waals surface area (Å²) < 4.78 is 0. The number of anilines is 1. The first-order chi connectivity index (χ1) is 9.11. The summed E-state index contributed by atoms with van der Waals surface area (Å²) in [6.07, 6.45) is 3.38. The number of carbonyl (C=O) groups excluding carboxylic acids is 1. The van der Waals surface area contributed by atoms with Gasteiger partial charge in [0.1, 0.15) is 0 Å². The molecule has 1 fully saturated rings. The number of amides is 1. The van der Waals surface area contributed by atoms with Crippen molar-refractivity contribution in [1.82, 2.24) is 4.90 Å². The van der Waals surface area contributed by atoms with Crippen LogP contribution in [0.1, 0.15) is 42.1 Å². The van der Waals surface area contributed by atoms with Crippen LogP contribution in [0.5, 0.6) is 0 Å². The van der Waals surface area contributed by atoms with Crippen molar-refractivity contribution in [2.45, 2.75) is 33.1 Å². The summed E-state index contributed by atoms with van der Waals surface area (Å²) in [7, 11) is 0. The van der Waals surface area contributed by atoms with Gasteiger partial charge in [-0.3, -0.25) is 10.6 Å². The number of nitrogens with zero attached hydrogens (tertiary/aromatic N) is 1. The Bertz CT molecular complexity index is 459. The third-order valence-corrected chi connectivity index (χ3v) is 3.86. The number of rotatable bonds is 2. The van der Waals surface area contributed by atoms with Crippen LogP contribution in [0, 0.1) is 12.8 Å². The SMILES string of the molecule is Cc1ccc(C(=O)N2CCCC(C)CC2)c(NN)c1. The molecule has 104 valence electrons. The maximum Gasteiger partial charge on any atom is 0.256 e. The fourth-order valence-electron chi connectivity index (χ4n) is 2.60. The van der Waals surface area contributed by atoms with Crippen LogP contribution in [0.15, 0.2) is 18.2 Å². The molecule has 1 atom stereocenters. The topological polar surface area (TPSA) is 58.4 Å². The van der Waals surface area contributed by atoms with Crippen LogP contribution in [0.3, 0.4) is 0 Å². The number of hydrazine groups is 1. The molecule has 1 aromatic carbocycles. The Labute approximate surface area is 114 Å². The number of nitrogens with one attached hydrogen (secondary N) is 1. The van der Waals surface area contributed by atoms with Gasteiger partial charge in [0.05, 0.1) is 11.3 Å². The summed E-state index contributed by atoms with van der Waals surface area (Å²) in [4.78, 5) is 14.5. The lowest BCUT2D eigenvalue weighted by atomic mass is 10.0. The van der Waals surface area contributed by atoms with Gasteiger partial charge in [0.2, 0.25) is 0 Å². The van der Waals surface area contributed by atoms with E-state index in [2.05, 4.69) is 12.3 Å². The van der Waals surface area contributed by atoms with Crippen LogP contribution in [-0.2, 0) is 0 Å².